The first-order valence-corrected chi connectivity index (χ1v) is 5.21. The van der Waals surface area contributed by atoms with Gasteiger partial charge in [-0.25, -0.2) is 9.97 Å². The molecule has 0 atom stereocenters. The van der Waals surface area contributed by atoms with Gasteiger partial charge in [0.05, 0.1) is 17.2 Å². The number of aromatic amines is 2. The van der Waals surface area contributed by atoms with Crippen molar-refractivity contribution >= 4 is 11.0 Å². The third kappa shape index (κ3) is 1.31. The van der Waals surface area contributed by atoms with Crippen molar-refractivity contribution in [3.63, 3.8) is 0 Å². The Morgan fingerprint density at radius 3 is 2.69 bits per heavy atom. The van der Waals surface area contributed by atoms with Crippen LogP contribution in [0.5, 0.6) is 0 Å². The lowest BCUT2D eigenvalue weighted by molar-refractivity contribution is 1.14. The number of aromatic nitrogens is 4. The van der Waals surface area contributed by atoms with Gasteiger partial charge in [0, 0.05) is 0 Å². The summed E-state index contributed by atoms with van der Waals surface area (Å²) in [5.74, 6) is 1.73. The molecule has 2 heterocycles. The molecular weight excluding hydrogens is 200 g/mol. The molecule has 0 spiro atoms. The summed E-state index contributed by atoms with van der Waals surface area (Å²) in [6.45, 7) is 3.99. The zero-order chi connectivity index (χ0) is 11.1. The minimum absolute atomic E-state index is 0.838. The summed E-state index contributed by atoms with van der Waals surface area (Å²) in [6, 6.07) is 6.12. The summed E-state index contributed by atoms with van der Waals surface area (Å²) in [4.78, 5) is 15.2. The van der Waals surface area contributed by atoms with Crippen molar-refractivity contribution in [2.75, 3.05) is 0 Å². The molecule has 0 saturated heterocycles. The van der Waals surface area contributed by atoms with Crippen LogP contribution in [-0.2, 0) is 0 Å². The van der Waals surface area contributed by atoms with Crippen LogP contribution in [0.2, 0.25) is 0 Å². The molecule has 0 fully saturated rings. The summed E-state index contributed by atoms with van der Waals surface area (Å²) in [5, 5.41) is 0. The Morgan fingerprint density at radius 1 is 1.12 bits per heavy atom. The van der Waals surface area contributed by atoms with Crippen LogP contribution in [-0.4, -0.2) is 19.9 Å². The number of nitrogens with one attached hydrogen (secondary N) is 2. The van der Waals surface area contributed by atoms with Crippen LogP contribution in [0.25, 0.3) is 22.6 Å². The predicted octanol–water partition coefficient (Wildman–Crippen LogP) is 2.57. The standard InChI is InChI=1S/C12H12N4/c1-7-4-3-5-9-11(7)16-12(15-9)10-6-13-8(2)14-10/h3-6H,1-2H3,(H,13,14)(H,15,16). The van der Waals surface area contributed by atoms with E-state index >= 15 is 0 Å². The van der Waals surface area contributed by atoms with E-state index < -0.39 is 0 Å². The molecule has 1 aromatic carbocycles. The van der Waals surface area contributed by atoms with Crippen molar-refractivity contribution in [3.8, 4) is 11.5 Å². The Labute approximate surface area is 92.8 Å². The molecular formula is C12H12N4. The molecule has 3 rings (SSSR count). The highest BCUT2D eigenvalue weighted by Gasteiger charge is 2.08. The average Bonchev–Trinajstić information content (AvgIpc) is 2.84. The molecule has 3 aromatic rings. The second-order valence-electron chi connectivity index (χ2n) is 3.94. The summed E-state index contributed by atoms with van der Waals surface area (Å²) >= 11 is 0. The minimum Gasteiger partial charge on any atom is -0.340 e. The van der Waals surface area contributed by atoms with Crippen LogP contribution >= 0.6 is 0 Å². The number of rotatable bonds is 1. The molecule has 2 N–H and O–H groups in total. The highest BCUT2D eigenvalue weighted by atomic mass is 15.0. The first-order chi connectivity index (χ1) is 7.74. The number of fused-ring (bicyclic) bond motifs is 1. The van der Waals surface area contributed by atoms with Gasteiger partial charge >= 0.3 is 0 Å². The minimum atomic E-state index is 0.838. The molecule has 0 saturated carbocycles. The van der Waals surface area contributed by atoms with Gasteiger partial charge in [0.25, 0.3) is 0 Å². The first kappa shape index (κ1) is 9.15. The van der Waals surface area contributed by atoms with Gasteiger partial charge < -0.3 is 9.97 Å². The van der Waals surface area contributed by atoms with Gasteiger partial charge in [-0.05, 0) is 25.5 Å². The third-order valence-corrected chi connectivity index (χ3v) is 2.67. The fourth-order valence-electron chi connectivity index (χ4n) is 1.84. The lowest BCUT2D eigenvalue weighted by Crippen LogP contribution is -1.80. The van der Waals surface area contributed by atoms with E-state index in [0.717, 1.165) is 28.4 Å². The SMILES string of the molecule is Cc1ncc(-c2nc3c(C)cccc3[nH]2)[nH]1. The maximum Gasteiger partial charge on any atom is 0.156 e. The predicted molar refractivity (Wildman–Crippen MR) is 63.1 cm³/mol. The molecule has 0 radical (unpaired) electrons. The van der Waals surface area contributed by atoms with E-state index in [-0.39, 0.29) is 0 Å². The molecule has 4 nitrogen and oxygen atoms in total. The van der Waals surface area contributed by atoms with Crippen LogP contribution in [0.4, 0.5) is 0 Å². The lowest BCUT2D eigenvalue weighted by Gasteiger charge is -1.90. The zero-order valence-electron chi connectivity index (χ0n) is 9.20. The molecule has 0 amide bonds. The van der Waals surface area contributed by atoms with Crippen molar-refractivity contribution < 1.29 is 0 Å². The van der Waals surface area contributed by atoms with Crippen molar-refractivity contribution in [2.45, 2.75) is 13.8 Å². The van der Waals surface area contributed by atoms with Gasteiger partial charge in [-0.1, -0.05) is 12.1 Å². The van der Waals surface area contributed by atoms with E-state index in [0.29, 0.717) is 0 Å². The summed E-state index contributed by atoms with van der Waals surface area (Å²) < 4.78 is 0. The number of nitrogens with zero attached hydrogens (tertiary/aromatic N) is 2. The molecule has 16 heavy (non-hydrogen) atoms. The maximum atomic E-state index is 4.57. The van der Waals surface area contributed by atoms with Gasteiger partial charge in [0.2, 0.25) is 0 Å². The Morgan fingerprint density at radius 2 is 2.00 bits per heavy atom. The van der Waals surface area contributed by atoms with Gasteiger partial charge in [0.1, 0.15) is 11.5 Å². The fourth-order valence-corrected chi connectivity index (χ4v) is 1.84. The van der Waals surface area contributed by atoms with Crippen molar-refractivity contribution in [1.29, 1.82) is 0 Å². The summed E-state index contributed by atoms with van der Waals surface area (Å²) in [7, 11) is 0. The molecule has 0 bridgehead atoms. The molecule has 80 valence electrons. The van der Waals surface area contributed by atoms with Crippen LogP contribution in [0, 0.1) is 13.8 Å². The second-order valence-corrected chi connectivity index (χ2v) is 3.94. The topological polar surface area (TPSA) is 57.4 Å². The van der Waals surface area contributed by atoms with E-state index in [1.54, 1.807) is 6.20 Å². The normalized spacial score (nSPS) is 11.1. The monoisotopic (exact) mass is 212 g/mol. The molecule has 0 unspecified atom stereocenters. The van der Waals surface area contributed by atoms with E-state index in [2.05, 4.69) is 32.9 Å². The largest absolute Gasteiger partial charge is 0.340 e. The maximum absolute atomic E-state index is 4.57. The number of hydrogen-bond donors (Lipinski definition) is 2. The van der Waals surface area contributed by atoms with Crippen LogP contribution in [0.3, 0.4) is 0 Å². The zero-order valence-corrected chi connectivity index (χ0v) is 9.20. The third-order valence-electron chi connectivity index (χ3n) is 2.67. The Hall–Kier alpha value is -2.10. The molecule has 4 heteroatoms. The van der Waals surface area contributed by atoms with Crippen LogP contribution in [0.1, 0.15) is 11.4 Å². The Bertz CT molecular complexity index is 648. The van der Waals surface area contributed by atoms with E-state index in [4.69, 9.17) is 0 Å². The number of para-hydroxylation sites is 1. The van der Waals surface area contributed by atoms with E-state index in [1.165, 1.54) is 5.56 Å². The van der Waals surface area contributed by atoms with Crippen molar-refractivity contribution in [2.24, 2.45) is 0 Å². The van der Waals surface area contributed by atoms with Gasteiger partial charge in [-0.15, -0.1) is 0 Å². The van der Waals surface area contributed by atoms with Gasteiger partial charge in [0.15, 0.2) is 5.82 Å². The van der Waals surface area contributed by atoms with Gasteiger partial charge in [-0.3, -0.25) is 0 Å². The molecule has 2 aromatic heterocycles. The second kappa shape index (κ2) is 3.20. The molecule has 0 aliphatic heterocycles. The summed E-state index contributed by atoms with van der Waals surface area (Å²) in [5.41, 5.74) is 4.18. The Balaban J connectivity index is 2.22. The smallest absolute Gasteiger partial charge is 0.156 e. The highest BCUT2D eigenvalue weighted by molar-refractivity contribution is 5.81. The number of benzene rings is 1. The van der Waals surface area contributed by atoms with Crippen LogP contribution in [0.15, 0.2) is 24.4 Å². The van der Waals surface area contributed by atoms with Crippen LogP contribution < -0.4 is 0 Å². The number of aryl methyl sites for hydroxylation is 2. The van der Waals surface area contributed by atoms with Gasteiger partial charge in [-0.2, -0.15) is 0 Å². The first-order valence-electron chi connectivity index (χ1n) is 5.21. The van der Waals surface area contributed by atoms with Crippen molar-refractivity contribution in [1.82, 2.24) is 19.9 Å². The average molecular weight is 212 g/mol. The summed E-state index contributed by atoms with van der Waals surface area (Å²) in [6.07, 6.45) is 1.79. The lowest BCUT2D eigenvalue weighted by atomic mass is 10.2. The quantitative estimate of drug-likeness (QED) is 0.651. The molecule has 0 aliphatic carbocycles. The fraction of sp³-hybridized carbons (Fsp3) is 0.167. The molecule has 0 aliphatic rings. The van der Waals surface area contributed by atoms with E-state index in [9.17, 15) is 0 Å². The number of imidazole rings is 2. The van der Waals surface area contributed by atoms with E-state index in [1.807, 2.05) is 19.1 Å². The number of H-pyrrole nitrogens is 2. The number of hydrogen-bond acceptors (Lipinski definition) is 2. The Kier molecular flexibility index (Phi) is 1.83. The van der Waals surface area contributed by atoms with Crippen molar-refractivity contribution in [3.05, 3.63) is 35.8 Å². The highest BCUT2D eigenvalue weighted by Crippen LogP contribution is 2.20.